The van der Waals surface area contributed by atoms with Crippen molar-refractivity contribution in [1.29, 1.82) is 0 Å². The summed E-state index contributed by atoms with van der Waals surface area (Å²) < 4.78 is 11.3. The van der Waals surface area contributed by atoms with Gasteiger partial charge in [0.25, 0.3) is 5.22 Å². The molecule has 0 saturated heterocycles. The number of allylic oxidation sites excluding steroid dienone is 1. The molecule has 3 aromatic rings. The Labute approximate surface area is 179 Å². The molecule has 0 bridgehead atoms. The lowest BCUT2D eigenvalue weighted by Gasteiger charge is -2.42. The molecule has 0 unspecified atom stereocenters. The summed E-state index contributed by atoms with van der Waals surface area (Å²) in [7, 11) is 1.62. The van der Waals surface area contributed by atoms with Crippen molar-refractivity contribution in [3.8, 4) is 17.2 Å². The number of benzene rings is 2. The molecule has 0 saturated carbocycles. The SMILES string of the molecule is COc1cccc2c1N(C(=O)CSc1nnc(-c3ccccc3)o1)C(C)(C)C=C2C. The van der Waals surface area contributed by atoms with Crippen LogP contribution >= 0.6 is 11.8 Å². The molecular weight excluding hydrogens is 398 g/mol. The molecule has 1 aliphatic rings. The van der Waals surface area contributed by atoms with Gasteiger partial charge in [-0.15, -0.1) is 10.2 Å². The summed E-state index contributed by atoms with van der Waals surface area (Å²) in [6.45, 7) is 6.10. The summed E-state index contributed by atoms with van der Waals surface area (Å²) in [4.78, 5) is 15.1. The average molecular weight is 422 g/mol. The second-order valence-corrected chi connectivity index (χ2v) is 8.52. The van der Waals surface area contributed by atoms with E-state index in [1.54, 1.807) is 12.0 Å². The van der Waals surface area contributed by atoms with E-state index in [0.717, 1.165) is 22.4 Å². The number of hydrogen-bond acceptors (Lipinski definition) is 6. The minimum Gasteiger partial charge on any atom is -0.495 e. The number of rotatable bonds is 5. The van der Waals surface area contributed by atoms with Crippen molar-refractivity contribution in [1.82, 2.24) is 10.2 Å². The highest BCUT2D eigenvalue weighted by Gasteiger charge is 2.37. The first-order valence-corrected chi connectivity index (χ1v) is 10.6. The third kappa shape index (κ3) is 3.73. The van der Waals surface area contributed by atoms with Gasteiger partial charge in [-0.05, 0) is 44.5 Å². The molecule has 1 aliphatic heterocycles. The average Bonchev–Trinajstić information content (AvgIpc) is 3.21. The fraction of sp³-hybridized carbons (Fsp3) is 0.261. The molecule has 7 heteroatoms. The predicted molar refractivity (Wildman–Crippen MR) is 119 cm³/mol. The van der Waals surface area contributed by atoms with Gasteiger partial charge in [0.15, 0.2) is 0 Å². The van der Waals surface area contributed by atoms with E-state index in [2.05, 4.69) is 23.2 Å². The number of hydrogen-bond donors (Lipinski definition) is 0. The maximum Gasteiger partial charge on any atom is 0.277 e. The number of aromatic nitrogens is 2. The summed E-state index contributed by atoms with van der Waals surface area (Å²) >= 11 is 1.23. The second-order valence-electron chi connectivity index (χ2n) is 7.59. The number of para-hydroxylation sites is 1. The number of methoxy groups -OCH3 is 1. The third-order valence-corrected chi connectivity index (χ3v) is 5.81. The van der Waals surface area contributed by atoms with Gasteiger partial charge in [-0.3, -0.25) is 9.69 Å². The van der Waals surface area contributed by atoms with Crippen LogP contribution < -0.4 is 9.64 Å². The van der Waals surface area contributed by atoms with Crippen LogP contribution in [0.4, 0.5) is 5.69 Å². The van der Waals surface area contributed by atoms with Gasteiger partial charge in [0.2, 0.25) is 11.8 Å². The van der Waals surface area contributed by atoms with Crippen LogP contribution in [0, 0.1) is 0 Å². The number of fused-ring (bicyclic) bond motifs is 1. The first kappa shape index (κ1) is 20.2. The Morgan fingerprint density at radius 3 is 2.63 bits per heavy atom. The molecule has 0 N–H and O–H groups in total. The van der Waals surface area contributed by atoms with E-state index < -0.39 is 5.54 Å². The fourth-order valence-corrected chi connectivity index (χ4v) is 4.41. The number of amides is 1. The Kier molecular flexibility index (Phi) is 5.39. The minimum absolute atomic E-state index is 0.0565. The molecular formula is C23H23N3O3S. The number of nitrogens with zero attached hydrogens (tertiary/aromatic N) is 3. The number of anilines is 1. The van der Waals surface area contributed by atoms with Crippen molar-refractivity contribution in [3.63, 3.8) is 0 Å². The van der Waals surface area contributed by atoms with Gasteiger partial charge in [0.05, 0.1) is 24.1 Å². The molecule has 1 aromatic heterocycles. The molecule has 0 spiro atoms. The van der Waals surface area contributed by atoms with Gasteiger partial charge < -0.3 is 9.15 Å². The van der Waals surface area contributed by atoms with Crippen molar-refractivity contribution in [2.75, 3.05) is 17.8 Å². The molecule has 30 heavy (non-hydrogen) atoms. The lowest BCUT2D eigenvalue weighted by Crippen LogP contribution is -2.49. The minimum atomic E-state index is -0.493. The standard InChI is InChI=1S/C23H23N3O3S/c1-15-13-23(2,3)26(20-17(15)11-8-12-18(20)28-4)19(27)14-30-22-25-24-21(29-22)16-9-6-5-7-10-16/h5-13H,14H2,1-4H3. The molecule has 4 rings (SSSR count). The highest BCUT2D eigenvalue weighted by atomic mass is 32.2. The molecule has 1 amide bonds. The number of carbonyl (C=O) groups excluding carboxylic acids is 1. The lowest BCUT2D eigenvalue weighted by atomic mass is 9.88. The number of ether oxygens (including phenoxy) is 1. The van der Waals surface area contributed by atoms with Gasteiger partial charge in [-0.25, -0.2) is 0 Å². The number of thioether (sulfide) groups is 1. The van der Waals surface area contributed by atoms with Crippen LogP contribution in [0.3, 0.4) is 0 Å². The van der Waals surface area contributed by atoms with Crippen molar-refractivity contribution in [2.24, 2.45) is 0 Å². The normalized spacial score (nSPS) is 14.8. The van der Waals surface area contributed by atoms with E-state index in [4.69, 9.17) is 9.15 Å². The smallest absolute Gasteiger partial charge is 0.277 e. The fourth-order valence-electron chi connectivity index (χ4n) is 3.80. The lowest BCUT2D eigenvalue weighted by molar-refractivity contribution is -0.117. The maximum atomic E-state index is 13.3. The van der Waals surface area contributed by atoms with E-state index in [-0.39, 0.29) is 11.7 Å². The Bertz CT molecular complexity index is 1110. The van der Waals surface area contributed by atoms with Crippen LogP contribution in [-0.4, -0.2) is 34.5 Å². The summed E-state index contributed by atoms with van der Waals surface area (Å²) in [6.07, 6.45) is 2.11. The molecule has 0 aliphatic carbocycles. The van der Waals surface area contributed by atoms with E-state index in [1.807, 2.05) is 62.4 Å². The van der Waals surface area contributed by atoms with Crippen LogP contribution in [0.15, 0.2) is 64.2 Å². The molecule has 154 valence electrons. The van der Waals surface area contributed by atoms with E-state index in [0.29, 0.717) is 16.9 Å². The summed E-state index contributed by atoms with van der Waals surface area (Å²) in [6, 6.07) is 15.4. The van der Waals surface area contributed by atoms with Crippen molar-refractivity contribution in [3.05, 3.63) is 60.2 Å². The largest absolute Gasteiger partial charge is 0.495 e. The monoisotopic (exact) mass is 421 g/mol. The highest BCUT2D eigenvalue weighted by molar-refractivity contribution is 7.99. The van der Waals surface area contributed by atoms with Crippen LogP contribution in [-0.2, 0) is 4.79 Å². The Balaban J connectivity index is 1.57. The Hall–Kier alpha value is -3.06. The third-order valence-electron chi connectivity index (χ3n) is 5.01. The first-order chi connectivity index (χ1) is 14.4. The molecule has 6 nitrogen and oxygen atoms in total. The van der Waals surface area contributed by atoms with Crippen molar-refractivity contribution < 1.29 is 13.9 Å². The predicted octanol–water partition coefficient (Wildman–Crippen LogP) is 5.07. The van der Waals surface area contributed by atoms with Crippen molar-refractivity contribution >= 4 is 28.9 Å². The first-order valence-electron chi connectivity index (χ1n) is 9.62. The second kappa shape index (κ2) is 7.99. The van der Waals surface area contributed by atoms with E-state index in [1.165, 1.54) is 11.8 Å². The van der Waals surface area contributed by atoms with Gasteiger partial charge in [0.1, 0.15) is 5.75 Å². The van der Waals surface area contributed by atoms with Gasteiger partial charge in [-0.2, -0.15) is 0 Å². The molecule has 0 radical (unpaired) electrons. The van der Waals surface area contributed by atoms with Crippen LogP contribution in [0.1, 0.15) is 26.3 Å². The van der Waals surface area contributed by atoms with Gasteiger partial charge in [0, 0.05) is 11.1 Å². The summed E-state index contributed by atoms with van der Waals surface area (Å²) in [5.74, 6) is 1.23. The molecule has 0 atom stereocenters. The topological polar surface area (TPSA) is 68.5 Å². The molecule has 2 aromatic carbocycles. The van der Waals surface area contributed by atoms with Crippen LogP contribution in [0.25, 0.3) is 17.0 Å². The summed E-state index contributed by atoms with van der Waals surface area (Å²) in [5, 5.41) is 8.53. The Morgan fingerprint density at radius 2 is 1.90 bits per heavy atom. The zero-order chi connectivity index (χ0) is 21.3. The quantitative estimate of drug-likeness (QED) is 0.536. The van der Waals surface area contributed by atoms with Gasteiger partial charge >= 0.3 is 0 Å². The van der Waals surface area contributed by atoms with Crippen LogP contribution in [0.5, 0.6) is 5.75 Å². The molecule has 0 fully saturated rings. The zero-order valence-electron chi connectivity index (χ0n) is 17.4. The van der Waals surface area contributed by atoms with Crippen LogP contribution in [0.2, 0.25) is 0 Å². The van der Waals surface area contributed by atoms with Crippen molar-refractivity contribution in [2.45, 2.75) is 31.5 Å². The molecule has 2 heterocycles. The van der Waals surface area contributed by atoms with E-state index >= 15 is 0 Å². The maximum absolute atomic E-state index is 13.3. The Morgan fingerprint density at radius 1 is 1.13 bits per heavy atom. The highest BCUT2D eigenvalue weighted by Crippen LogP contribution is 2.44. The number of carbonyl (C=O) groups is 1. The van der Waals surface area contributed by atoms with E-state index in [9.17, 15) is 4.79 Å². The zero-order valence-corrected chi connectivity index (χ0v) is 18.2. The van der Waals surface area contributed by atoms with Gasteiger partial charge in [-0.1, -0.05) is 48.2 Å². The summed E-state index contributed by atoms with van der Waals surface area (Å²) in [5.41, 5.74) is 3.27.